The van der Waals surface area contributed by atoms with Crippen molar-refractivity contribution in [3.05, 3.63) is 12.2 Å². The number of carbonyl (C=O) groups excluding carboxylic acids is 1. The Balaban J connectivity index is 3.71. The van der Waals surface area contributed by atoms with Gasteiger partial charge in [-0.25, -0.2) is 10.3 Å². The standard InChI is InChI=1S/C4H5NO4/c6-3(5-9)1-2-4(7)8/h1-2,9H,(H,5,6)(H,7,8)/b2-1+. The van der Waals surface area contributed by atoms with Gasteiger partial charge in [0.05, 0.1) is 0 Å². The van der Waals surface area contributed by atoms with Crippen molar-refractivity contribution in [3.8, 4) is 0 Å². The molecule has 0 spiro atoms. The number of hydrogen-bond acceptors (Lipinski definition) is 3. The summed E-state index contributed by atoms with van der Waals surface area (Å²) in [5.74, 6) is -2.10. The SMILES string of the molecule is O=C(O)/C=C/C(=O)NO. The number of nitrogens with one attached hydrogen (secondary N) is 1. The fraction of sp³-hybridized carbons (Fsp3) is 0. The molecule has 0 radical (unpaired) electrons. The van der Waals surface area contributed by atoms with Gasteiger partial charge in [0.25, 0.3) is 5.91 Å². The Morgan fingerprint density at radius 1 is 1.33 bits per heavy atom. The molecule has 0 aliphatic heterocycles. The minimum absolute atomic E-state index is 0.617. The molecule has 0 aromatic carbocycles. The third kappa shape index (κ3) is 4.49. The predicted molar refractivity (Wildman–Crippen MR) is 26.7 cm³/mol. The third-order valence-corrected chi connectivity index (χ3v) is 0.487. The van der Waals surface area contributed by atoms with Gasteiger partial charge in [-0.1, -0.05) is 0 Å². The van der Waals surface area contributed by atoms with Crippen LogP contribution in [0.5, 0.6) is 0 Å². The van der Waals surface area contributed by atoms with Gasteiger partial charge in [-0.3, -0.25) is 10.0 Å². The van der Waals surface area contributed by atoms with Crippen LogP contribution in [0.25, 0.3) is 0 Å². The maximum Gasteiger partial charge on any atom is 0.328 e. The van der Waals surface area contributed by atoms with Gasteiger partial charge in [-0.2, -0.15) is 0 Å². The molecule has 5 heteroatoms. The van der Waals surface area contributed by atoms with E-state index < -0.39 is 11.9 Å². The topological polar surface area (TPSA) is 86.6 Å². The first-order valence-electron chi connectivity index (χ1n) is 2.02. The van der Waals surface area contributed by atoms with Crippen molar-refractivity contribution in [1.29, 1.82) is 0 Å². The highest BCUT2D eigenvalue weighted by molar-refractivity contribution is 5.93. The molecule has 0 aromatic heterocycles. The van der Waals surface area contributed by atoms with E-state index in [0.29, 0.717) is 12.2 Å². The normalized spacial score (nSPS) is 9.44. The Morgan fingerprint density at radius 2 is 1.89 bits per heavy atom. The summed E-state index contributed by atoms with van der Waals surface area (Å²) in [6.07, 6.45) is 1.31. The minimum Gasteiger partial charge on any atom is -0.478 e. The summed E-state index contributed by atoms with van der Waals surface area (Å²) in [4.78, 5) is 19.7. The van der Waals surface area contributed by atoms with Gasteiger partial charge in [-0.05, 0) is 0 Å². The molecule has 0 aliphatic rings. The average molecular weight is 131 g/mol. The van der Waals surface area contributed by atoms with E-state index >= 15 is 0 Å². The van der Waals surface area contributed by atoms with Gasteiger partial charge in [-0.15, -0.1) is 0 Å². The molecule has 0 heterocycles. The van der Waals surface area contributed by atoms with Crippen LogP contribution in [-0.2, 0) is 9.59 Å². The molecule has 0 aliphatic carbocycles. The summed E-state index contributed by atoms with van der Waals surface area (Å²) in [5.41, 5.74) is 1.23. The number of carbonyl (C=O) groups is 2. The predicted octanol–water partition coefficient (Wildman–Crippen LogP) is -0.867. The van der Waals surface area contributed by atoms with Crippen LogP contribution in [0.4, 0.5) is 0 Å². The lowest BCUT2D eigenvalue weighted by Gasteiger charge is -1.84. The quantitative estimate of drug-likeness (QED) is 0.258. The minimum atomic E-state index is -1.24. The molecule has 0 unspecified atom stereocenters. The van der Waals surface area contributed by atoms with Crippen molar-refractivity contribution in [3.63, 3.8) is 0 Å². The molecule has 0 rings (SSSR count). The van der Waals surface area contributed by atoms with Gasteiger partial charge in [0.2, 0.25) is 0 Å². The first kappa shape index (κ1) is 7.64. The zero-order valence-electron chi connectivity index (χ0n) is 4.37. The second-order valence-electron chi connectivity index (χ2n) is 1.15. The van der Waals surface area contributed by atoms with Crippen LogP contribution in [0.3, 0.4) is 0 Å². The molecule has 0 saturated carbocycles. The highest BCUT2D eigenvalue weighted by Crippen LogP contribution is 1.70. The number of rotatable bonds is 2. The highest BCUT2D eigenvalue weighted by Gasteiger charge is 1.90. The van der Waals surface area contributed by atoms with Crippen LogP contribution >= 0.6 is 0 Å². The lowest BCUT2D eigenvalue weighted by molar-refractivity contribution is -0.132. The number of hydrogen-bond donors (Lipinski definition) is 3. The smallest absolute Gasteiger partial charge is 0.328 e. The maximum atomic E-state index is 10.0. The number of aliphatic carboxylic acids is 1. The van der Waals surface area contributed by atoms with E-state index in [9.17, 15) is 9.59 Å². The summed E-state index contributed by atoms with van der Waals surface area (Å²) < 4.78 is 0. The average Bonchev–Trinajstić information content (AvgIpc) is 1.83. The molecule has 0 bridgehead atoms. The number of carboxylic acid groups (broad SMARTS) is 1. The summed E-state index contributed by atoms with van der Waals surface area (Å²) in [6, 6.07) is 0. The first-order chi connectivity index (χ1) is 4.16. The zero-order chi connectivity index (χ0) is 7.28. The molecule has 0 atom stereocenters. The van der Waals surface area contributed by atoms with E-state index in [4.69, 9.17) is 10.3 Å². The van der Waals surface area contributed by atoms with E-state index in [1.54, 1.807) is 0 Å². The summed E-state index contributed by atoms with van der Waals surface area (Å²) in [5, 5.41) is 15.7. The molecule has 1 amide bonds. The van der Waals surface area contributed by atoms with Crippen LogP contribution in [0, 0.1) is 0 Å². The Bertz CT molecular complexity index is 151. The van der Waals surface area contributed by atoms with E-state index in [2.05, 4.69) is 0 Å². The van der Waals surface area contributed by atoms with E-state index in [-0.39, 0.29) is 0 Å². The van der Waals surface area contributed by atoms with Crippen molar-refractivity contribution >= 4 is 11.9 Å². The second-order valence-corrected chi connectivity index (χ2v) is 1.15. The van der Waals surface area contributed by atoms with Crippen LogP contribution in [-0.4, -0.2) is 22.2 Å². The van der Waals surface area contributed by atoms with Crippen molar-refractivity contribution < 1.29 is 19.9 Å². The van der Waals surface area contributed by atoms with Gasteiger partial charge < -0.3 is 5.11 Å². The summed E-state index contributed by atoms with van der Waals surface area (Å²) in [7, 11) is 0. The first-order valence-corrected chi connectivity index (χ1v) is 2.02. The lowest BCUT2D eigenvalue weighted by Crippen LogP contribution is -2.15. The highest BCUT2D eigenvalue weighted by atomic mass is 16.5. The Kier molecular flexibility index (Phi) is 3.07. The lowest BCUT2D eigenvalue weighted by atomic mass is 10.5. The van der Waals surface area contributed by atoms with Gasteiger partial charge in [0.15, 0.2) is 0 Å². The van der Waals surface area contributed by atoms with Crippen LogP contribution < -0.4 is 5.48 Å². The number of carboxylic acids is 1. The Labute approximate surface area is 50.6 Å². The molecule has 0 aromatic rings. The second kappa shape index (κ2) is 3.62. The molecule has 50 valence electrons. The molecule has 9 heavy (non-hydrogen) atoms. The van der Waals surface area contributed by atoms with Crippen molar-refractivity contribution in [1.82, 2.24) is 5.48 Å². The van der Waals surface area contributed by atoms with E-state index in [1.807, 2.05) is 0 Å². The molecule has 0 fully saturated rings. The van der Waals surface area contributed by atoms with Gasteiger partial charge in [0.1, 0.15) is 0 Å². The van der Waals surface area contributed by atoms with E-state index in [0.717, 1.165) is 0 Å². The third-order valence-electron chi connectivity index (χ3n) is 0.487. The van der Waals surface area contributed by atoms with Gasteiger partial charge in [0, 0.05) is 12.2 Å². The number of hydroxylamine groups is 1. The molecular formula is C4H5NO4. The van der Waals surface area contributed by atoms with Crippen LogP contribution in [0.15, 0.2) is 12.2 Å². The van der Waals surface area contributed by atoms with Crippen molar-refractivity contribution in [2.75, 3.05) is 0 Å². The fourth-order valence-corrected chi connectivity index (χ4v) is 0.184. The molecule has 5 nitrogen and oxygen atoms in total. The Hall–Kier alpha value is -1.36. The largest absolute Gasteiger partial charge is 0.478 e. The zero-order valence-corrected chi connectivity index (χ0v) is 4.37. The monoisotopic (exact) mass is 131 g/mol. The molecule has 0 saturated heterocycles. The van der Waals surface area contributed by atoms with Crippen LogP contribution in [0.1, 0.15) is 0 Å². The fourth-order valence-electron chi connectivity index (χ4n) is 0.184. The van der Waals surface area contributed by atoms with Gasteiger partial charge >= 0.3 is 5.97 Å². The molecule has 3 N–H and O–H groups in total. The van der Waals surface area contributed by atoms with Crippen molar-refractivity contribution in [2.24, 2.45) is 0 Å². The molecular weight excluding hydrogens is 126 g/mol. The maximum absolute atomic E-state index is 10.0. The number of amides is 1. The Morgan fingerprint density at radius 3 is 2.22 bits per heavy atom. The van der Waals surface area contributed by atoms with Crippen molar-refractivity contribution in [2.45, 2.75) is 0 Å². The summed E-state index contributed by atoms with van der Waals surface area (Å²) in [6.45, 7) is 0. The summed E-state index contributed by atoms with van der Waals surface area (Å²) >= 11 is 0. The van der Waals surface area contributed by atoms with E-state index in [1.165, 1.54) is 5.48 Å². The van der Waals surface area contributed by atoms with Crippen LogP contribution in [0.2, 0.25) is 0 Å².